The maximum atomic E-state index is 13.4. The number of aryl methyl sites for hydroxylation is 1. The van der Waals surface area contributed by atoms with E-state index in [4.69, 9.17) is 0 Å². The summed E-state index contributed by atoms with van der Waals surface area (Å²) in [5, 5.41) is 9.69. The fourth-order valence-electron chi connectivity index (χ4n) is 3.74. The standard InChI is InChI=1S/C24H17F3N4OS/c1-15-6-2-4-8-19(15)30-21(32)18-7-3-5-9-20(18)31-22(30)28-29-23(31)33-14-16-10-12-17(13-11-16)24(25,26)27/h2-13H,14H2,1H3. The van der Waals surface area contributed by atoms with Gasteiger partial charge in [-0.15, -0.1) is 10.2 Å². The average molecular weight is 466 g/mol. The summed E-state index contributed by atoms with van der Waals surface area (Å²) in [4.78, 5) is 13.4. The summed E-state index contributed by atoms with van der Waals surface area (Å²) >= 11 is 1.34. The van der Waals surface area contributed by atoms with Crippen LogP contribution in [0.5, 0.6) is 0 Å². The molecule has 0 aliphatic rings. The summed E-state index contributed by atoms with van der Waals surface area (Å²) in [5.74, 6) is 0.777. The van der Waals surface area contributed by atoms with Gasteiger partial charge in [0.1, 0.15) is 0 Å². The molecule has 33 heavy (non-hydrogen) atoms. The normalized spacial score (nSPS) is 12.0. The summed E-state index contributed by atoms with van der Waals surface area (Å²) < 4.78 is 41.9. The smallest absolute Gasteiger partial charge is 0.268 e. The molecule has 0 aliphatic carbocycles. The average Bonchev–Trinajstić information content (AvgIpc) is 3.22. The van der Waals surface area contributed by atoms with E-state index in [0.717, 1.165) is 23.3 Å². The monoisotopic (exact) mass is 466 g/mol. The molecule has 166 valence electrons. The van der Waals surface area contributed by atoms with Gasteiger partial charge in [-0.25, -0.2) is 4.57 Å². The maximum Gasteiger partial charge on any atom is 0.416 e. The first-order chi connectivity index (χ1) is 15.8. The van der Waals surface area contributed by atoms with Crippen LogP contribution in [-0.2, 0) is 11.9 Å². The molecule has 0 saturated carbocycles. The molecule has 0 bridgehead atoms. The molecule has 0 atom stereocenters. The van der Waals surface area contributed by atoms with Gasteiger partial charge in [0, 0.05) is 5.75 Å². The summed E-state index contributed by atoms with van der Waals surface area (Å²) in [6.07, 6.45) is -4.37. The Morgan fingerprint density at radius 1 is 0.909 bits per heavy atom. The minimum Gasteiger partial charge on any atom is -0.268 e. The SMILES string of the molecule is Cc1ccccc1-n1c(=O)c2ccccc2n2c(SCc3ccc(C(F)(F)F)cc3)nnc12. The van der Waals surface area contributed by atoms with E-state index in [2.05, 4.69) is 10.2 Å². The van der Waals surface area contributed by atoms with Gasteiger partial charge in [0.15, 0.2) is 5.16 Å². The minimum atomic E-state index is -4.37. The Kier molecular flexibility index (Phi) is 5.20. The molecule has 0 unspecified atom stereocenters. The first kappa shape index (κ1) is 21.3. The number of alkyl halides is 3. The van der Waals surface area contributed by atoms with Crippen LogP contribution in [0.4, 0.5) is 13.2 Å². The molecule has 2 heterocycles. The first-order valence-corrected chi connectivity index (χ1v) is 11.1. The lowest BCUT2D eigenvalue weighted by molar-refractivity contribution is -0.137. The number of nitrogens with zero attached hydrogens (tertiary/aromatic N) is 4. The van der Waals surface area contributed by atoms with Crippen LogP contribution in [0.1, 0.15) is 16.7 Å². The van der Waals surface area contributed by atoms with E-state index in [9.17, 15) is 18.0 Å². The number of aromatic nitrogens is 4. The molecule has 0 saturated heterocycles. The molecular weight excluding hydrogens is 449 g/mol. The lowest BCUT2D eigenvalue weighted by Crippen LogP contribution is -2.22. The van der Waals surface area contributed by atoms with Crippen LogP contribution in [0.25, 0.3) is 22.4 Å². The van der Waals surface area contributed by atoms with Crippen molar-refractivity contribution in [3.05, 3.63) is 99.8 Å². The van der Waals surface area contributed by atoms with Crippen molar-refractivity contribution >= 4 is 28.4 Å². The van der Waals surface area contributed by atoms with Crippen molar-refractivity contribution in [2.45, 2.75) is 24.0 Å². The maximum absolute atomic E-state index is 13.4. The molecule has 0 aliphatic heterocycles. The van der Waals surface area contributed by atoms with E-state index in [1.165, 1.54) is 23.9 Å². The topological polar surface area (TPSA) is 52.2 Å². The second kappa shape index (κ2) is 8.08. The molecule has 0 N–H and O–H groups in total. The highest BCUT2D eigenvalue weighted by atomic mass is 32.2. The second-order valence-corrected chi connectivity index (χ2v) is 8.49. The van der Waals surface area contributed by atoms with Gasteiger partial charge in [-0.1, -0.05) is 54.2 Å². The van der Waals surface area contributed by atoms with Crippen LogP contribution in [-0.4, -0.2) is 19.2 Å². The molecule has 2 aromatic heterocycles. The molecular formula is C24H17F3N4OS. The van der Waals surface area contributed by atoms with E-state index < -0.39 is 11.7 Å². The molecule has 5 nitrogen and oxygen atoms in total. The fourth-order valence-corrected chi connectivity index (χ4v) is 4.64. The van der Waals surface area contributed by atoms with E-state index in [1.807, 2.05) is 47.7 Å². The van der Waals surface area contributed by atoms with Crippen molar-refractivity contribution in [1.82, 2.24) is 19.2 Å². The number of halogens is 3. The highest BCUT2D eigenvalue weighted by molar-refractivity contribution is 7.98. The predicted octanol–water partition coefficient (Wildman–Crippen LogP) is 5.65. The Morgan fingerprint density at radius 2 is 1.61 bits per heavy atom. The van der Waals surface area contributed by atoms with Gasteiger partial charge >= 0.3 is 6.18 Å². The summed E-state index contributed by atoms with van der Waals surface area (Å²) in [7, 11) is 0. The second-order valence-electron chi connectivity index (χ2n) is 7.55. The number of para-hydroxylation sites is 2. The van der Waals surface area contributed by atoms with Gasteiger partial charge in [-0.3, -0.25) is 9.20 Å². The Bertz CT molecular complexity index is 1540. The van der Waals surface area contributed by atoms with Gasteiger partial charge in [0.2, 0.25) is 5.78 Å². The Morgan fingerprint density at radius 3 is 2.33 bits per heavy atom. The Hall–Kier alpha value is -3.59. The zero-order chi connectivity index (χ0) is 23.2. The highest BCUT2D eigenvalue weighted by Gasteiger charge is 2.30. The summed E-state index contributed by atoms with van der Waals surface area (Å²) in [5.41, 5.74) is 2.14. The summed E-state index contributed by atoms with van der Waals surface area (Å²) in [6.45, 7) is 1.92. The van der Waals surface area contributed by atoms with Crippen molar-refractivity contribution in [1.29, 1.82) is 0 Å². The molecule has 5 aromatic rings. The van der Waals surface area contributed by atoms with E-state index >= 15 is 0 Å². The molecule has 0 fully saturated rings. The zero-order valence-corrected chi connectivity index (χ0v) is 18.2. The van der Waals surface area contributed by atoms with Crippen LogP contribution in [0.2, 0.25) is 0 Å². The van der Waals surface area contributed by atoms with Gasteiger partial charge in [-0.05, 0) is 48.4 Å². The Balaban J connectivity index is 1.62. The van der Waals surface area contributed by atoms with Crippen molar-refractivity contribution in [2.75, 3.05) is 0 Å². The van der Waals surface area contributed by atoms with E-state index in [-0.39, 0.29) is 5.56 Å². The van der Waals surface area contributed by atoms with Crippen LogP contribution in [0, 0.1) is 6.92 Å². The van der Waals surface area contributed by atoms with Crippen molar-refractivity contribution in [3.8, 4) is 5.69 Å². The highest BCUT2D eigenvalue weighted by Crippen LogP contribution is 2.31. The van der Waals surface area contributed by atoms with Gasteiger partial charge < -0.3 is 0 Å². The largest absolute Gasteiger partial charge is 0.416 e. The fraction of sp³-hybridized carbons (Fsp3) is 0.125. The van der Waals surface area contributed by atoms with Crippen molar-refractivity contribution in [2.24, 2.45) is 0 Å². The Labute approximate surface area is 190 Å². The lowest BCUT2D eigenvalue weighted by Gasteiger charge is -2.13. The minimum absolute atomic E-state index is 0.195. The van der Waals surface area contributed by atoms with Crippen LogP contribution in [0.15, 0.2) is 82.7 Å². The molecule has 5 rings (SSSR count). The number of benzene rings is 3. The van der Waals surface area contributed by atoms with Gasteiger partial charge in [-0.2, -0.15) is 13.2 Å². The zero-order valence-electron chi connectivity index (χ0n) is 17.4. The molecule has 0 spiro atoms. The van der Waals surface area contributed by atoms with E-state index in [1.54, 1.807) is 16.7 Å². The molecule has 3 aromatic carbocycles. The number of hydrogen-bond donors (Lipinski definition) is 0. The van der Waals surface area contributed by atoms with Crippen molar-refractivity contribution < 1.29 is 13.2 Å². The predicted molar refractivity (Wildman–Crippen MR) is 122 cm³/mol. The number of fused-ring (bicyclic) bond motifs is 3. The molecule has 9 heteroatoms. The third kappa shape index (κ3) is 3.78. The third-order valence-electron chi connectivity index (χ3n) is 5.40. The van der Waals surface area contributed by atoms with Crippen LogP contribution in [0.3, 0.4) is 0 Å². The third-order valence-corrected chi connectivity index (χ3v) is 6.40. The van der Waals surface area contributed by atoms with Crippen LogP contribution < -0.4 is 5.56 Å². The van der Waals surface area contributed by atoms with E-state index in [0.29, 0.717) is 33.3 Å². The van der Waals surface area contributed by atoms with Crippen molar-refractivity contribution in [3.63, 3.8) is 0 Å². The molecule has 0 radical (unpaired) electrons. The van der Waals surface area contributed by atoms with Crippen LogP contribution >= 0.6 is 11.8 Å². The van der Waals surface area contributed by atoms with Gasteiger partial charge in [0.05, 0.1) is 22.2 Å². The first-order valence-electron chi connectivity index (χ1n) is 10.1. The van der Waals surface area contributed by atoms with Gasteiger partial charge in [0.25, 0.3) is 5.56 Å². The summed E-state index contributed by atoms with van der Waals surface area (Å²) in [6, 6.07) is 19.8. The lowest BCUT2D eigenvalue weighted by atomic mass is 10.1. The quantitative estimate of drug-likeness (QED) is 0.321. The number of hydrogen-bond acceptors (Lipinski definition) is 4. The molecule has 0 amide bonds. The number of rotatable bonds is 4. The number of thioether (sulfide) groups is 1.